The smallest absolute Gasteiger partial charge is 0.226 e. The molecule has 168 valence electrons. The van der Waals surface area contributed by atoms with Crippen molar-refractivity contribution in [1.82, 2.24) is 4.57 Å². The third-order valence-electron chi connectivity index (χ3n) is 5.38. The van der Waals surface area contributed by atoms with Gasteiger partial charge >= 0.3 is 0 Å². The summed E-state index contributed by atoms with van der Waals surface area (Å²) in [7, 11) is 4.73. The first-order chi connectivity index (χ1) is 15.4. The summed E-state index contributed by atoms with van der Waals surface area (Å²) in [6, 6.07) is 14.7. The number of anilines is 1. The van der Waals surface area contributed by atoms with Crippen molar-refractivity contribution < 1.29 is 23.8 Å². The molecule has 0 aliphatic carbocycles. The van der Waals surface area contributed by atoms with Crippen LogP contribution < -0.4 is 19.5 Å². The van der Waals surface area contributed by atoms with Crippen molar-refractivity contribution in [3.05, 3.63) is 59.8 Å². The topological polar surface area (TPSA) is 78.8 Å². The number of ether oxygens (including phenoxy) is 3. The van der Waals surface area contributed by atoms with E-state index in [-0.39, 0.29) is 18.1 Å². The van der Waals surface area contributed by atoms with Gasteiger partial charge in [0.1, 0.15) is 17.2 Å². The van der Waals surface area contributed by atoms with Gasteiger partial charge in [0, 0.05) is 36.0 Å². The number of ketones is 1. The predicted molar refractivity (Wildman–Crippen MR) is 124 cm³/mol. The summed E-state index contributed by atoms with van der Waals surface area (Å²) < 4.78 is 17.8. The predicted octanol–water partition coefficient (Wildman–Crippen LogP) is 4.72. The molecule has 0 radical (unpaired) electrons. The van der Waals surface area contributed by atoms with Crippen LogP contribution in [0.4, 0.5) is 5.69 Å². The number of carbonyl (C=O) groups is 2. The highest BCUT2D eigenvalue weighted by Gasteiger charge is 2.17. The quantitative estimate of drug-likeness (QED) is 0.491. The first-order valence-electron chi connectivity index (χ1n) is 10.2. The normalized spacial score (nSPS) is 10.5. The fourth-order valence-corrected chi connectivity index (χ4v) is 3.62. The summed E-state index contributed by atoms with van der Waals surface area (Å²) in [5, 5.41) is 2.89. The Balaban J connectivity index is 1.82. The Morgan fingerprint density at radius 2 is 1.56 bits per heavy atom. The zero-order valence-electron chi connectivity index (χ0n) is 19.0. The Morgan fingerprint density at radius 3 is 2.16 bits per heavy atom. The molecule has 3 aromatic rings. The van der Waals surface area contributed by atoms with E-state index >= 15 is 0 Å². The van der Waals surface area contributed by atoms with Crippen molar-refractivity contribution in [3.8, 4) is 28.5 Å². The molecule has 0 aliphatic rings. The lowest BCUT2D eigenvalue weighted by molar-refractivity contribution is -0.116. The van der Waals surface area contributed by atoms with Crippen LogP contribution in [-0.2, 0) is 11.3 Å². The van der Waals surface area contributed by atoms with Crippen LogP contribution in [0.5, 0.6) is 17.2 Å². The van der Waals surface area contributed by atoms with E-state index in [9.17, 15) is 9.59 Å². The van der Waals surface area contributed by atoms with Gasteiger partial charge in [-0.2, -0.15) is 0 Å². The largest absolute Gasteiger partial charge is 0.497 e. The second-order valence-corrected chi connectivity index (χ2v) is 7.33. The maximum atomic E-state index is 12.7. The van der Waals surface area contributed by atoms with Crippen LogP contribution in [0.3, 0.4) is 0 Å². The lowest BCUT2D eigenvalue weighted by Crippen LogP contribution is -2.16. The fourth-order valence-electron chi connectivity index (χ4n) is 3.62. The van der Waals surface area contributed by atoms with Crippen molar-refractivity contribution in [2.24, 2.45) is 0 Å². The van der Waals surface area contributed by atoms with Gasteiger partial charge in [-0.15, -0.1) is 0 Å². The third kappa shape index (κ3) is 4.94. The van der Waals surface area contributed by atoms with Crippen molar-refractivity contribution in [3.63, 3.8) is 0 Å². The molecule has 1 heterocycles. The molecule has 0 saturated carbocycles. The number of nitrogens with one attached hydrogen (secondary N) is 1. The molecule has 1 N–H and O–H groups in total. The van der Waals surface area contributed by atoms with Crippen LogP contribution in [0, 0.1) is 6.92 Å². The number of methoxy groups -OCH3 is 3. The molecule has 0 saturated heterocycles. The van der Waals surface area contributed by atoms with Crippen molar-refractivity contribution >= 4 is 17.4 Å². The van der Waals surface area contributed by atoms with Crippen molar-refractivity contribution in [2.45, 2.75) is 26.8 Å². The van der Waals surface area contributed by atoms with Crippen LogP contribution in [0.1, 0.15) is 29.4 Å². The summed E-state index contributed by atoms with van der Waals surface area (Å²) >= 11 is 0. The second-order valence-electron chi connectivity index (χ2n) is 7.33. The minimum atomic E-state index is -0.161. The molecule has 0 aliphatic heterocycles. The molecular weight excluding hydrogens is 408 g/mol. The summed E-state index contributed by atoms with van der Waals surface area (Å²) in [6.45, 7) is 3.87. The Kier molecular flexibility index (Phi) is 7.20. The van der Waals surface area contributed by atoms with E-state index in [2.05, 4.69) is 5.32 Å². The molecule has 0 atom stereocenters. The van der Waals surface area contributed by atoms with E-state index in [1.54, 1.807) is 39.3 Å². The minimum absolute atomic E-state index is 0.0107. The fraction of sp³-hybridized carbons (Fsp3) is 0.280. The number of Topliss-reactive ketones (excluding diaryl/α,β-unsaturated/α-hetero) is 1. The minimum Gasteiger partial charge on any atom is -0.497 e. The standard InChI is InChI=1S/C25H28N2O5/c1-16-21(17(2)28)15-23(18-6-8-19(30-3)9-7-18)27(16)13-12-25(29)26-22-11-10-20(31-4)14-24(22)32-5/h6-11,14-15H,12-13H2,1-5H3,(H,26,29). The maximum Gasteiger partial charge on any atom is 0.226 e. The number of carbonyl (C=O) groups excluding carboxylic acids is 2. The van der Waals surface area contributed by atoms with E-state index in [0.717, 1.165) is 22.7 Å². The maximum absolute atomic E-state index is 12.7. The zero-order chi connectivity index (χ0) is 23.3. The van der Waals surface area contributed by atoms with Crippen molar-refractivity contribution in [2.75, 3.05) is 26.6 Å². The van der Waals surface area contributed by atoms with Gasteiger partial charge in [-0.05, 0) is 61.9 Å². The SMILES string of the molecule is COc1ccc(-c2cc(C(C)=O)c(C)n2CCC(=O)Nc2ccc(OC)cc2OC)cc1. The molecule has 2 aromatic carbocycles. The molecule has 0 fully saturated rings. The summed E-state index contributed by atoms with van der Waals surface area (Å²) in [4.78, 5) is 24.8. The number of aromatic nitrogens is 1. The average Bonchev–Trinajstić information content (AvgIpc) is 3.14. The van der Waals surface area contributed by atoms with E-state index in [1.807, 2.05) is 41.8 Å². The number of amides is 1. The molecule has 0 unspecified atom stereocenters. The molecule has 1 amide bonds. The van der Waals surface area contributed by atoms with Gasteiger partial charge in [0.05, 0.1) is 27.0 Å². The Labute approximate surface area is 187 Å². The summed E-state index contributed by atoms with van der Waals surface area (Å²) in [5.41, 5.74) is 3.87. The third-order valence-corrected chi connectivity index (χ3v) is 5.38. The second kappa shape index (κ2) is 10.0. The number of hydrogen-bond donors (Lipinski definition) is 1. The molecule has 3 rings (SSSR count). The van der Waals surface area contributed by atoms with Gasteiger partial charge in [0.15, 0.2) is 5.78 Å². The van der Waals surface area contributed by atoms with E-state index in [0.29, 0.717) is 29.3 Å². The highest BCUT2D eigenvalue weighted by atomic mass is 16.5. The van der Waals surface area contributed by atoms with Crippen LogP contribution in [-0.4, -0.2) is 37.6 Å². The summed E-state index contributed by atoms with van der Waals surface area (Å²) in [6.07, 6.45) is 0.227. The van der Waals surface area contributed by atoms with Crippen LogP contribution in [0.15, 0.2) is 48.5 Å². The number of nitrogens with zero attached hydrogens (tertiary/aromatic N) is 1. The molecule has 0 bridgehead atoms. The Morgan fingerprint density at radius 1 is 0.906 bits per heavy atom. The number of hydrogen-bond acceptors (Lipinski definition) is 5. The van der Waals surface area contributed by atoms with Crippen LogP contribution in [0.25, 0.3) is 11.3 Å². The molecule has 1 aromatic heterocycles. The van der Waals surface area contributed by atoms with Crippen LogP contribution in [0.2, 0.25) is 0 Å². The van der Waals surface area contributed by atoms with Gasteiger partial charge in [0.25, 0.3) is 0 Å². The van der Waals surface area contributed by atoms with Gasteiger partial charge in [0.2, 0.25) is 5.91 Å². The average molecular weight is 437 g/mol. The molecule has 32 heavy (non-hydrogen) atoms. The van der Waals surface area contributed by atoms with E-state index in [1.165, 1.54) is 7.11 Å². The first-order valence-corrected chi connectivity index (χ1v) is 10.2. The van der Waals surface area contributed by atoms with Gasteiger partial charge < -0.3 is 24.1 Å². The highest BCUT2D eigenvalue weighted by Crippen LogP contribution is 2.30. The van der Waals surface area contributed by atoms with E-state index in [4.69, 9.17) is 14.2 Å². The number of benzene rings is 2. The first kappa shape index (κ1) is 22.9. The molecular formula is C25H28N2O5. The van der Waals surface area contributed by atoms with Gasteiger partial charge in [-0.3, -0.25) is 9.59 Å². The molecule has 7 heteroatoms. The monoisotopic (exact) mass is 436 g/mol. The highest BCUT2D eigenvalue weighted by molar-refractivity contribution is 5.97. The van der Waals surface area contributed by atoms with E-state index < -0.39 is 0 Å². The number of rotatable bonds is 9. The Bertz CT molecular complexity index is 1120. The van der Waals surface area contributed by atoms with Gasteiger partial charge in [-0.25, -0.2) is 0 Å². The molecule has 7 nitrogen and oxygen atoms in total. The van der Waals surface area contributed by atoms with Crippen molar-refractivity contribution in [1.29, 1.82) is 0 Å². The van der Waals surface area contributed by atoms with Crippen LogP contribution >= 0.6 is 0 Å². The lowest BCUT2D eigenvalue weighted by atomic mass is 10.1. The lowest BCUT2D eigenvalue weighted by Gasteiger charge is -2.14. The molecule has 0 spiro atoms. The summed E-state index contributed by atoms with van der Waals surface area (Å²) in [5.74, 6) is 1.74. The zero-order valence-corrected chi connectivity index (χ0v) is 19.0. The Hall–Kier alpha value is -3.74. The van der Waals surface area contributed by atoms with Gasteiger partial charge in [-0.1, -0.05) is 0 Å².